The topological polar surface area (TPSA) is 59.0 Å². The van der Waals surface area contributed by atoms with Gasteiger partial charge in [-0.3, -0.25) is 0 Å². The number of fused-ring (bicyclic) bond motifs is 1. The summed E-state index contributed by atoms with van der Waals surface area (Å²) in [6.07, 6.45) is 8.19. The molecule has 128 valence electrons. The van der Waals surface area contributed by atoms with Gasteiger partial charge in [0.15, 0.2) is 0 Å². The summed E-state index contributed by atoms with van der Waals surface area (Å²) in [5.74, 6) is 1.43. The van der Waals surface area contributed by atoms with E-state index in [2.05, 4.69) is 46.8 Å². The first kappa shape index (κ1) is 16.6. The standard InChI is InChI=1S/C19H26N4O/c1-2-23-12-11-20-18(23)14-22-19(24)21-13-15-7-9-16-5-3-4-6-17(16)10-8-15/h3-6,11-12,15H,2,7-10,13-14H2,1H3,(H2,21,22,24). The summed E-state index contributed by atoms with van der Waals surface area (Å²) in [5, 5.41) is 5.92. The van der Waals surface area contributed by atoms with Gasteiger partial charge in [-0.1, -0.05) is 24.3 Å². The maximum Gasteiger partial charge on any atom is 0.315 e. The van der Waals surface area contributed by atoms with E-state index in [4.69, 9.17) is 0 Å². The van der Waals surface area contributed by atoms with Crippen LogP contribution in [0.4, 0.5) is 4.79 Å². The van der Waals surface area contributed by atoms with Crippen molar-refractivity contribution >= 4 is 6.03 Å². The fourth-order valence-corrected chi connectivity index (χ4v) is 3.37. The number of carbonyl (C=O) groups excluding carboxylic acids is 1. The molecule has 5 heteroatoms. The van der Waals surface area contributed by atoms with Gasteiger partial charge in [0.2, 0.25) is 0 Å². The number of aromatic nitrogens is 2. The predicted molar refractivity (Wildman–Crippen MR) is 94.7 cm³/mol. The Labute approximate surface area is 143 Å². The van der Waals surface area contributed by atoms with Gasteiger partial charge in [-0.25, -0.2) is 9.78 Å². The van der Waals surface area contributed by atoms with Crippen LogP contribution < -0.4 is 10.6 Å². The molecule has 1 aliphatic carbocycles. The summed E-state index contributed by atoms with van der Waals surface area (Å²) >= 11 is 0. The monoisotopic (exact) mass is 326 g/mol. The van der Waals surface area contributed by atoms with Crippen LogP contribution in [0, 0.1) is 5.92 Å². The second kappa shape index (κ2) is 7.99. The van der Waals surface area contributed by atoms with Crippen LogP contribution in [0.5, 0.6) is 0 Å². The fraction of sp³-hybridized carbons (Fsp3) is 0.474. The normalized spacial score (nSPS) is 14.7. The van der Waals surface area contributed by atoms with Crippen LogP contribution in [0.25, 0.3) is 0 Å². The number of imidazole rings is 1. The smallest absolute Gasteiger partial charge is 0.315 e. The number of aryl methyl sites for hydroxylation is 3. The minimum atomic E-state index is -0.109. The Morgan fingerprint density at radius 2 is 1.92 bits per heavy atom. The van der Waals surface area contributed by atoms with Gasteiger partial charge >= 0.3 is 6.03 Å². The number of nitrogens with zero attached hydrogens (tertiary/aromatic N) is 2. The molecule has 2 aromatic rings. The van der Waals surface area contributed by atoms with E-state index in [1.165, 1.54) is 11.1 Å². The molecule has 3 rings (SSSR count). The molecule has 24 heavy (non-hydrogen) atoms. The number of carbonyl (C=O) groups is 1. The number of amides is 2. The van der Waals surface area contributed by atoms with E-state index < -0.39 is 0 Å². The van der Waals surface area contributed by atoms with Crippen molar-refractivity contribution in [1.82, 2.24) is 20.2 Å². The number of urea groups is 1. The largest absolute Gasteiger partial charge is 0.338 e. The van der Waals surface area contributed by atoms with Gasteiger partial charge in [0.05, 0.1) is 6.54 Å². The molecule has 0 spiro atoms. The third-order valence-electron chi connectivity index (χ3n) is 4.86. The first-order chi connectivity index (χ1) is 11.8. The Morgan fingerprint density at radius 1 is 1.21 bits per heavy atom. The maximum atomic E-state index is 12.0. The average Bonchev–Trinajstić information content (AvgIpc) is 2.97. The molecule has 0 aliphatic heterocycles. The minimum Gasteiger partial charge on any atom is -0.338 e. The van der Waals surface area contributed by atoms with Crippen molar-refractivity contribution in [2.24, 2.45) is 5.92 Å². The molecule has 2 N–H and O–H groups in total. The van der Waals surface area contributed by atoms with Crippen LogP contribution >= 0.6 is 0 Å². The summed E-state index contributed by atoms with van der Waals surface area (Å²) in [5.41, 5.74) is 2.94. The van der Waals surface area contributed by atoms with Gasteiger partial charge in [0.25, 0.3) is 0 Å². The van der Waals surface area contributed by atoms with Gasteiger partial charge in [0, 0.05) is 25.5 Å². The van der Waals surface area contributed by atoms with E-state index in [1.54, 1.807) is 6.20 Å². The number of hydrogen-bond donors (Lipinski definition) is 2. The zero-order valence-corrected chi connectivity index (χ0v) is 14.3. The van der Waals surface area contributed by atoms with Gasteiger partial charge < -0.3 is 15.2 Å². The van der Waals surface area contributed by atoms with Crippen LogP contribution in [0.3, 0.4) is 0 Å². The van der Waals surface area contributed by atoms with E-state index in [0.717, 1.165) is 44.6 Å². The number of rotatable bonds is 5. The molecule has 1 aromatic heterocycles. The minimum absolute atomic E-state index is 0.109. The van der Waals surface area contributed by atoms with Crippen LogP contribution in [0.15, 0.2) is 36.7 Å². The van der Waals surface area contributed by atoms with Gasteiger partial charge in [-0.15, -0.1) is 0 Å². The summed E-state index contributed by atoms with van der Waals surface area (Å²) in [6, 6.07) is 8.58. The SMILES string of the molecule is CCn1ccnc1CNC(=O)NCC1CCc2ccccc2CC1. The third kappa shape index (κ3) is 4.16. The van der Waals surface area contributed by atoms with Crippen molar-refractivity contribution in [3.05, 3.63) is 53.6 Å². The molecule has 5 nitrogen and oxygen atoms in total. The Kier molecular flexibility index (Phi) is 5.51. The van der Waals surface area contributed by atoms with E-state index in [-0.39, 0.29) is 6.03 Å². The van der Waals surface area contributed by atoms with Gasteiger partial charge in [-0.05, 0) is 49.7 Å². The maximum absolute atomic E-state index is 12.0. The molecule has 0 fully saturated rings. The highest BCUT2D eigenvalue weighted by molar-refractivity contribution is 5.73. The van der Waals surface area contributed by atoms with E-state index in [9.17, 15) is 4.79 Å². The van der Waals surface area contributed by atoms with Crippen molar-refractivity contribution in [2.75, 3.05) is 6.54 Å². The molecule has 0 radical (unpaired) electrons. The first-order valence-electron chi connectivity index (χ1n) is 8.84. The molecule has 1 heterocycles. The van der Waals surface area contributed by atoms with Gasteiger partial charge in [0.1, 0.15) is 5.82 Å². The summed E-state index contributed by atoms with van der Waals surface area (Å²) in [6.45, 7) is 4.13. The lowest BCUT2D eigenvalue weighted by molar-refractivity contribution is 0.237. The highest BCUT2D eigenvalue weighted by Gasteiger charge is 2.16. The zero-order valence-electron chi connectivity index (χ0n) is 14.3. The highest BCUT2D eigenvalue weighted by atomic mass is 16.2. The Balaban J connectivity index is 1.42. The molecule has 0 saturated heterocycles. The molecule has 1 aliphatic rings. The number of hydrogen-bond acceptors (Lipinski definition) is 2. The molecule has 0 atom stereocenters. The molecular formula is C19H26N4O. The first-order valence-corrected chi connectivity index (χ1v) is 8.84. The summed E-state index contributed by atoms with van der Waals surface area (Å²) in [4.78, 5) is 16.3. The van der Waals surface area contributed by atoms with Crippen LogP contribution in [-0.2, 0) is 25.9 Å². The summed E-state index contributed by atoms with van der Waals surface area (Å²) < 4.78 is 2.03. The predicted octanol–water partition coefficient (Wildman–Crippen LogP) is 2.90. The zero-order chi connectivity index (χ0) is 16.8. The van der Waals surface area contributed by atoms with Gasteiger partial charge in [-0.2, -0.15) is 0 Å². The average molecular weight is 326 g/mol. The number of nitrogens with one attached hydrogen (secondary N) is 2. The van der Waals surface area contributed by atoms with Crippen molar-refractivity contribution in [3.63, 3.8) is 0 Å². The lowest BCUT2D eigenvalue weighted by Crippen LogP contribution is -2.38. The molecule has 0 unspecified atom stereocenters. The Morgan fingerprint density at radius 3 is 2.58 bits per heavy atom. The van der Waals surface area contributed by atoms with Crippen molar-refractivity contribution in [1.29, 1.82) is 0 Å². The lowest BCUT2D eigenvalue weighted by atomic mass is 10.00. The van der Waals surface area contributed by atoms with E-state index in [0.29, 0.717) is 12.5 Å². The van der Waals surface area contributed by atoms with Crippen molar-refractivity contribution < 1.29 is 4.79 Å². The van der Waals surface area contributed by atoms with Crippen molar-refractivity contribution in [3.8, 4) is 0 Å². The Hall–Kier alpha value is -2.30. The molecule has 0 bridgehead atoms. The second-order valence-electron chi connectivity index (χ2n) is 6.41. The molecule has 1 aromatic carbocycles. The van der Waals surface area contributed by atoms with E-state index in [1.807, 2.05) is 10.8 Å². The molecular weight excluding hydrogens is 300 g/mol. The molecule has 0 saturated carbocycles. The number of benzene rings is 1. The Bertz CT molecular complexity index is 653. The quantitative estimate of drug-likeness (QED) is 0.830. The van der Waals surface area contributed by atoms with Crippen LogP contribution in [0.1, 0.15) is 36.7 Å². The van der Waals surface area contributed by atoms with E-state index >= 15 is 0 Å². The lowest BCUT2D eigenvalue weighted by Gasteiger charge is -2.15. The molecule has 2 amide bonds. The fourth-order valence-electron chi connectivity index (χ4n) is 3.37. The summed E-state index contributed by atoms with van der Waals surface area (Å²) in [7, 11) is 0. The second-order valence-corrected chi connectivity index (χ2v) is 6.41. The van der Waals surface area contributed by atoms with Crippen LogP contribution in [0.2, 0.25) is 0 Å². The highest BCUT2D eigenvalue weighted by Crippen LogP contribution is 2.23. The third-order valence-corrected chi connectivity index (χ3v) is 4.86. The van der Waals surface area contributed by atoms with Crippen LogP contribution in [-0.4, -0.2) is 22.1 Å². The van der Waals surface area contributed by atoms with Crippen molar-refractivity contribution in [2.45, 2.75) is 45.7 Å².